The minimum absolute atomic E-state index is 0.0624. The number of amides is 1. The van der Waals surface area contributed by atoms with Crippen LogP contribution in [0.2, 0.25) is 0 Å². The number of aromatic nitrogens is 2. The zero-order valence-corrected chi connectivity index (χ0v) is 17.4. The van der Waals surface area contributed by atoms with Gasteiger partial charge in [-0.25, -0.2) is 4.98 Å². The number of benzene rings is 1. The summed E-state index contributed by atoms with van der Waals surface area (Å²) < 4.78 is 7.63. The minimum Gasteiger partial charge on any atom is -0.369 e. The third-order valence-electron chi connectivity index (χ3n) is 5.09. The van der Waals surface area contributed by atoms with Crippen LogP contribution in [0.5, 0.6) is 0 Å². The quantitative estimate of drug-likeness (QED) is 0.510. The van der Waals surface area contributed by atoms with E-state index in [-0.39, 0.29) is 16.9 Å². The summed E-state index contributed by atoms with van der Waals surface area (Å²) >= 11 is 2.68. The van der Waals surface area contributed by atoms with E-state index in [4.69, 9.17) is 15.5 Å². The summed E-state index contributed by atoms with van der Waals surface area (Å²) in [5, 5.41) is 1.13. The molecule has 0 saturated heterocycles. The Morgan fingerprint density at radius 1 is 1.39 bits per heavy atom. The second-order valence-electron chi connectivity index (χ2n) is 7.08. The monoisotopic (exact) mass is 415 g/mol. The number of rotatable bonds is 5. The molecule has 146 valence electrons. The van der Waals surface area contributed by atoms with Crippen molar-refractivity contribution in [2.45, 2.75) is 44.1 Å². The zero-order chi connectivity index (χ0) is 19.9. The first-order chi connectivity index (χ1) is 13.4. The molecule has 2 aromatic heterocycles. The third kappa shape index (κ3) is 3.36. The Hall–Kier alpha value is -2.16. The Labute approximate surface area is 170 Å². The van der Waals surface area contributed by atoms with Gasteiger partial charge in [0.15, 0.2) is 5.16 Å². The lowest BCUT2D eigenvalue weighted by molar-refractivity contribution is -0.115. The van der Waals surface area contributed by atoms with E-state index < -0.39 is 5.91 Å². The maximum Gasteiger partial charge on any atom is 0.267 e. The lowest BCUT2D eigenvalue weighted by atomic mass is 9.90. The van der Waals surface area contributed by atoms with Gasteiger partial charge >= 0.3 is 0 Å². The van der Waals surface area contributed by atoms with Crippen molar-refractivity contribution in [3.05, 3.63) is 51.1 Å². The molecule has 1 atom stereocenters. The van der Waals surface area contributed by atoms with Crippen LogP contribution in [0, 0.1) is 0 Å². The molecule has 0 aliphatic carbocycles. The molecule has 1 aliphatic heterocycles. The zero-order valence-electron chi connectivity index (χ0n) is 15.7. The summed E-state index contributed by atoms with van der Waals surface area (Å²) in [6.45, 7) is 4.67. The molecule has 6 nitrogen and oxygen atoms in total. The molecule has 28 heavy (non-hydrogen) atoms. The van der Waals surface area contributed by atoms with E-state index >= 15 is 0 Å². The highest BCUT2D eigenvalue weighted by molar-refractivity contribution is 7.99. The Balaban J connectivity index is 1.95. The highest BCUT2D eigenvalue weighted by Crippen LogP contribution is 2.39. The number of thioether (sulfide) groups is 1. The number of hydrogen-bond donors (Lipinski definition) is 1. The highest BCUT2D eigenvalue weighted by Gasteiger charge is 2.33. The van der Waals surface area contributed by atoms with Crippen LogP contribution in [0.25, 0.3) is 15.9 Å². The first-order valence-corrected chi connectivity index (χ1v) is 10.9. The summed E-state index contributed by atoms with van der Waals surface area (Å²) in [5.74, 6) is -0.385. The van der Waals surface area contributed by atoms with Crippen molar-refractivity contribution in [2.24, 2.45) is 5.73 Å². The number of thiophene rings is 1. The fourth-order valence-corrected chi connectivity index (χ4v) is 5.26. The fraction of sp³-hybridized carbons (Fsp3) is 0.350. The molecule has 3 aromatic rings. The van der Waals surface area contributed by atoms with Gasteiger partial charge in [0, 0.05) is 11.3 Å². The Kier molecular flexibility index (Phi) is 5.03. The van der Waals surface area contributed by atoms with Crippen LogP contribution in [0.15, 0.2) is 40.3 Å². The summed E-state index contributed by atoms with van der Waals surface area (Å²) in [6, 6.07) is 9.37. The maximum atomic E-state index is 13.6. The smallest absolute Gasteiger partial charge is 0.267 e. The topological polar surface area (TPSA) is 87.2 Å². The molecule has 2 N–H and O–H groups in total. The van der Waals surface area contributed by atoms with Crippen molar-refractivity contribution in [1.29, 1.82) is 0 Å². The Bertz CT molecular complexity index is 1110. The number of ether oxygens (including phenoxy) is 1. The van der Waals surface area contributed by atoms with Gasteiger partial charge in [0.1, 0.15) is 4.83 Å². The molecule has 0 saturated carbocycles. The number of carbonyl (C=O) groups is 1. The number of nitrogens with zero attached hydrogens (tertiary/aromatic N) is 2. The number of nitrogens with two attached hydrogens (primary N) is 1. The second-order valence-corrected chi connectivity index (χ2v) is 9.10. The van der Waals surface area contributed by atoms with E-state index in [0.717, 1.165) is 22.5 Å². The van der Waals surface area contributed by atoms with Crippen LogP contribution in [0.3, 0.4) is 0 Å². The molecule has 0 fully saturated rings. The van der Waals surface area contributed by atoms with Gasteiger partial charge in [0.25, 0.3) is 5.56 Å². The Morgan fingerprint density at radius 3 is 2.82 bits per heavy atom. The summed E-state index contributed by atoms with van der Waals surface area (Å²) in [6.07, 6.45) is 1.56. The molecular weight excluding hydrogens is 394 g/mol. The number of fused-ring (bicyclic) bond motifs is 3. The SMILES string of the molecule is CC[C@]1(C)Cc2c(sc3nc(SCC(N)=O)n(-c4ccccc4)c(=O)c23)CO1. The minimum atomic E-state index is -0.448. The number of hydrogen-bond acceptors (Lipinski definition) is 6. The van der Waals surface area contributed by atoms with Crippen LogP contribution >= 0.6 is 23.1 Å². The predicted octanol–water partition coefficient (Wildman–Crippen LogP) is 3.27. The van der Waals surface area contributed by atoms with E-state index in [1.165, 1.54) is 23.1 Å². The molecule has 0 unspecified atom stereocenters. The number of para-hydroxylation sites is 1. The van der Waals surface area contributed by atoms with E-state index in [1.807, 2.05) is 30.3 Å². The Morgan fingerprint density at radius 2 is 2.14 bits per heavy atom. The van der Waals surface area contributed by atoms with Crippen molar-refractivity contribution < 1.29 is 9.53 Å². The van der Waals surface area contributed by atoms with Crippen molar-refractivity contribution in [3.8, 4) is 5.69 Å². The summed E-state index contributed by atoms with van der Waals surface area (Å²) in [5.41, 5.74) is 6.70. The molecule has 1 aromatic carbocycles. The lowest BCUT2D eigenvalue weighted by Gasteiger charge is -2.32. The van der Waals surface area contributed by atoms with Gasteiger partial charge in [-0.05, 0) is 31.0 Å². The molecule has 8 heteroatoms. The van der Waals surface area contributed by atoms with Crippen molar-refractivity contribution in [2.75, 3.05) is 5.75 Å². The van der Waals surface area contributed by atoms with Gasteiger partial charge < -0.3 is 10.5 Å². The van der Waals surface area contributed by atoms with Crippen molar-refractivity contribution >= 4 is 39.2 Å². The van der Waals surface area contributed by atoms with Gasteiger partial charge in [0.05, 0.1) is 29.0 Å². The summed E-state index contributed by atoms with van der Waals surface area (Å²) in [4.78, 5) is 31.4. The molecule has 4 rings (SSSR count). The van der Waals surface area contributed by atoms with Gasteiger partial charge in [-0.3, -0.25) is 14.2 Å². The van der Waals surface area contributed by atoms with Gasteiger partial charge in [-0.2, -0.15) is 0 Å². The molecule has 1 amide bonds. The van der Waals surface area contributed by atoms with Gasteiger partial charge in [-0.1, -0.05) is 36.9 Å². The number of carbonyl (C=O) groups excluding carboxylic acids is 1. The van der Waals surface area contributed by atoms with Gasteiger partial charge in [-0.15, -0.1) is 11.3 Å². The molecule has 0 bridgehead atoms. The first-order valence-electron chi connectivity index (χ1n) is 9.09. The van der Waals surface area contributed by atoms with E-state index in [1.54, 1.807) is 4.57 Å². The molecular formula is C20H21N3O3S2. The molecule has 3 heterocycles. The number of primary amides is 1. The summed E-state index contributed by atoms with van der Waals surface area (Å²) in [7, 11) is 0. The standard InChI is InChI=1S/C20H21N3O3S2/c1-3-20(2)9-13-14(10-26-20)28-17-16(13)18(25)23(12-7-5-4-6-8-12)19(22-17)27-11-15(21)24/h4-8H,3,9-11H2,1-2H3,(H2,21,24)/t20-/m1/s1. The third-order valence-corrected chi connectivity index (χ3v) is 7.15. The molecule has 1 aliphatic rings. The van der Waals surface area contributed by atoms with Crippen LogP contribution in [-0.4, -0.2) is 26.8 Å². The normalized spacial score (nSPS) is 18.9. The highest BCUT2D eigenvalue weighted by atomic mass is 32.2. The van der Waals surface area contributed by atoms with Crippen LogP contribution in [0.4, 0.5) is 0 Å². The van der Waals surface area contributed by atoms with Gasteiger partial charge in [0.2, 0.25) is 5.91 Å². The predicted molar refractivity (Wildman–Crippen MR) is 112 cm³/mol. The van der Waals surface area contributed by atoms with Crippen molar-refractivity contribution in [1.82, 2.24) is 9.55 Å². The average molecular weight is 416 g/mol. The van der Waals surface area contributed by atoms with Crippen LogP contribution < -0.4 is 11.3 Å². The van der Waals surface area contributed by atoms with E-state index in [9.17, 15) is 9.59 Å². The van der Waals surface area contributed by atoms with E-state index in [0.29, 0.717) is 28.4 Å². The van der Waals surface area contributed by atoms with Crippen molar-refractivity contribution in [3.63, 3.8) is 0 Å². The van der Waals surface area contributed by atoms with E-state index in [2.05, 4.69) is 13.8 Å². The fourth-order valence-electron chi connectivity index (χ4n) is 3.37. The average Bonchev–Trinajstić information content (AvgIpc) is 3.04. The molecule has 0 spiro atoms. The second kappa shape index (κ2) is 7.35. The van der Waals surface area contributed by atoms with Crippen LogP contribution in [-0.2, 0) is 22.6 Å². The lowest BCUT2D eigenvalue weighted by Crippen LogP contribution is -2.34. The first kappa shape index (κ1) is 19.2. The largest absolute Gasteiger partial charge is 0.369 e. The maximum absolute atomic E-state index is 13.6. The van der Waals surface area contributed by atoms with Crippen LogP contribution in [0.1, 0.15) is 30.7 Å². The molecule has 0 radical (unpaired) electrons.